The van der Waals surface area contributed by atoms with Gasteiger partial charge in [-0.15, -0.1) is 0 Å². The number of rotatable bonds is 6. The summed E-state index contributed by atoms with van der Waals surface area (Å²) in [7, 11) is 0. The molecule has 0 aromatic heterocycles. The SMILES string of the molecule is C=C/C=C\C=C(/N)C1CCN(CCCO)CC1. The fraction of sp³-hybridized carbons (Fsp3) is 0.571. The molecule has 1 aliphatic heterocycles. The largest absolute Gasteiger partial charge is 0.402 e. The Balaban J connectivity index is 2.33. The number of allylic oxidation sites excluding steroid dienone is 5. The molecule has 0 spiro atoms. The van der Waals surface area contributed by atoms with Crippen molar-refractivity contribution in [3.8, 4) is 0 Å². The van der Waals surface area contributed by atoms with Gasteiger partial charge >= 0.3 is 0 Å². The molecule has 96 valence electrons. The predicted octanol–water partition coefficient (Wildman–Crippen LogP) is 1.67. The molecule has 3 heteroatoms. The zero-order valence-electron chi connectivity index (χ0n) is 10.5. The lowest BCUT2D eigenvalue weighted by Crippen LogP contribution is -2.36. The fourth-order valence-electron chi connectivity index (χ4n) is 2.17. The Morgan fingerprint density at radius 1 is 1.35 bits per heavy atom. The molecule has 0 bridgehead atoms. The van der Waals surface area contributed by atoms with Crippen LogP contribution in [0.5, 0.6) is 0 Å². The zero-order valence-corrected chi connectivity index (χ0v) is 10.5. The summed E-state index contributed by atoms with van der Waals surface area (Å²) in [6.45, 7) is 7.09. The van der Waals surface area contributed by atoms with Crippen molar-refractivity contribution in [2.24, 2.45) is 11.7 Å². The topological polar surface area (TPSA) is 49.5 Å². The van der Waals surface area contributed by atoms with Crippen molar-refractivity contribution in [2.75, 3.05) is 26.2 Å². The number of aliphatic hydroxyl groups is 1. The van der Waals surface area contributed by atoms with Crippen molar-refractivity contribution in [2.45, 2.75) is 19.3 Å². The molecule has 3 nitrogen and oxygen atoms in total. The first-order chi connectivity index (χ1) is 8.27. The van der Waals surface area contributed by atoms with Gasteiger partial charge in [0.25, 0.3) is 0 Å². The Kier molecular flexibility index (Phi) is 6.67. The van der Waals surface area contributed by atoms with E-state index in [-0.39, 0.29) is 6.61 Å². The van der Waals surface area contributed by atoms with Gasteiger partial charge in [-0.25, -0.2) is 0 Å². The molecule has 0 atom stereocenters. The summed E-state index contributed by atoms with van der Waals surface area (Å²) in [4.78, 5) is 2.40. The van der Waals surface area contributed by atoms with E-state index in [1.54, 1.807) is 6.08 Å². The van der Waals surface area contributed by atoms with Crippen LogP contribution in [0.25, 0.3) is 0 Å². The highest BCUT2D eigenvalue weighted by Gasteiger charge is 2.19. The van der Waals surface area contributed by atoms with E-state index in [1.165, 1.54) is 0 Å². The third-order valence-electron chi connectivity index (χ3n) is 3.23. The second-order valence-electron chi connectivity index (χ2n) is 4.48. The summed E-state index contributed by atoms with van der Waals surface area (Å²) in [6.07, 6.45) is 10.7. The standard InChI is InChI=1S/C14H24N2O/c1-2-3-4-6-14(15)13-7-10-16(11-8-13)9-5-12-17/h2-4,6,13,17H,1,5,7-12,15H2/b4-3-,14-6-. The average molecular weight is 236 g/mol. The van der Waals surface area contributed by atoms with Crippen LogP contribution < -0.4 is 5.73 Å². The number of likely N-dealkylation sites (tertiary alicyclic amines) is 1. The summed E-state index contributed by atoms with van der Waals surface area (Å²) < 4.78 is 0. The summed E-state index contributed by atoms with van der Waals surface area (Å²) >= 11 is 0. The minimum absolute atomic E-state index is 0.286. The summed E-state index contributed by atoms with van der Waals surface area (Å²) in [5.41, 5.74) is 7.03. The number of nitrogens with zero attached hydrogens (tertiary/aromatic N) is 1. The van der Waals surface area contributed by atoms with Crippen LogP contribution in [0.15, 0.2) is 36.6 Å². The van der Waals surface area contributed by atoms with Gasteiger partial charge in [0.05, 0.1) is 0 Å². The smallest absolute Gasteiger partial charge is 0.0443 e. The van der Waals surface area contributed by atoms with Gasteiger partial charge in [-0.05, 0) is 38.4 Å². The molecule has 1 rings (SSSR count). The van der Waals surface area contributed by atoms with Crippen LogP contribution in [0, 0.1) is 5.92 Å². The number of aliphatic hydroxyl groups excluding tert-OH is 1. The summed E-state index contributed by atoms with van der Waals surface area (Å²) in [5.74, 6) is 0.509. The van der Waals surface area contributed by atoms with Gasteiger partial charge < -0.3 is 15.7 Å². The maximum Gasteiger partial charge on any atom is 0.0443 e. The van der Waals surface area contributed by atoms with E-state index in [4.69, 9.17) is 10.8 Å². The highest BCUT2D eigenvalue weighted by molar-refractivity contribution is 5.15. The Morgan fingerprint density at radius 3 is 2.65 bits per heavy atom. The zero-order chi connectivity index (χ0) is 12.5. The lowest BCUT2D eigenvalue weighted by Gasteiger charge is -2.31. The van der Waals surface area contributed by atoms with Gasteiger partial charge in [0.1, 0.15) is 0 Å². The Bertz CT molecular complexity index is 276. The number of hydrogen-bond donors (Lipinski definition) is 2. The number of piperidine rings is 1. The average Bonchev–Trinajstić information content (AvgIpc) is 2.37. The molecule has 17 heavy (non-hydrogen) atoms. The minimum atomic E-state index is 0.286. The van der Waals surface area contributed by atoms with Crippen LogP contribution in [-0.4, -0.2) is 36.2 Å². The molecule has 1 fully saturated rings. The Morgan fingerprint density at radius 2 is 2.06 bits per heavy atom. The molecule has 1 heterocycles. The van der Waals surface area contributed by atoms with Crippen molar-refractivity contribution >= 4 is 0 Å². The predicted molar refractivity (Wildman–Crippen MR) is 72.5 cm³/mol. The second kappa shape index (κ2) is 8.09. The maximum absolute atomic E-state index is 8.79. The maximum atomic E-state index is 8.79. The van der Waals surface area contributed by atoms with Crippen molar-refractivity contribution in [1.29, 1.82) is 0 Å². The van der Waals surface area contributed by atoms with Crippen LogP contribution >= 0.6 is 0 Å². The van der Waals surface area contributed by atoms with Crippen molar-refractivity contribution in [3.05, 3.63) is 36.6 Å². The van der Waals surface area contributed by atoms with Gasteiger partial charge in [0, 0.05) is 24.8 Å². The molecule has 0 unspecified atom stereocenters. The molecule has 1 aliphatic rings. The molecule has 0 aliphatic carbocycles. The van der Waals surface area contributed by atoms with Crippen LogP contribution in [0.4, 0.5) is 0 Å². The van der Waals surface area contributed by atoms with E-state index in [9.17, 15) is 0 Å². The normalized spacial score (nSPS) is 19.9. The Labute approximate surface area is 104 Å². The van der Waals surface area contributed by atoms with Gasteiger partial charge in [-0.2, -0.15) is 0 Å². The monoisotopic (exact) mass is 236 g/mol. The first kappa shape index (κ1) is 14.0. The quantitative estimate of drug-likeness (QED) is 0.690. The van der Waals surface area contributed by atoms with Gasteiger partial charge in [0.2, 0.25) is 0 Å². The molecule has 3 N–H and O–H groups in total. The fourth-order valence-corrected chi connectivity index (χ4v) is 2.17. The van der Waals surface area contributed by atoms with E-state index in [2.05, 4.69) is 11.5 Å². The highest BCUT2D eigenvalue weighted by atomic mass is 16.3. The van der Waals surface area contributed by atoms with Crippen molar-refractivity contribution in [3.63, 3.8) is 0 Å². The molecular weight excluding hydrogens is 212 g/mol. The van der Waals surface area contributed by atoms with Crippen LogP contribution in [-0.2, 0) is 0 Å². The van der Waals surface area contributed by atoms with Gasteiger partial charge in [-0.3, -0.25) is 0 Å². The van der Waals surface area contributed by atoms with Crippen LogP contribution in [0.3, 0.4) is 0 Å². The lowest BCUT2D eigenvalue weighted by atomic mass is 9.93. The first-order valence-corrected chi connectivity index (χ1v) is 6.36. The highest BCUT2D eigenvalue weighted by Crippen LogP contribution is 2.21. The summed E-state index contributed by atoms with van der Waals surface area (Å²) in [6, 6.07) is 0. The van der Waals surface area contributed by atoms with E-state index in [0.717, 1.165) is 44.6 Å². The van der Waals surface area contributed by atoms with Gasteiger partial charge in [0.15, 0.2) is 0 Å². The molecule has 0 aromatic carbocycles. The minimum Gasteiger partial charge on any atom is -0.402 e. The molecule has 0 amide bonds. The molecular formula is C14H24N2O. The molecule has 0 radical (unpaired) electrons. The number of hydrogen-bond acceptors (Lipinski definition) is 3. The third-order valence-corrected chi connectivity index (χ3v) is 3.23. The van der Waals surface area contributed by atoms with Crippen molar-refractivity contribution < 1.29 is 5.11 Å². The molecule has 1 saturated heterocycles. The van der Waals surface area contributed by atoms with E-state index >= 15 is 0 Å². The molecule has 0 saturated carbocycles. The van der Waals surface area contributed by atoms with E-state index in [0.29, 0.717) is 5.92 Å². The first-order valence-electron chi connectivity index (χ1n) is 6.36. The van der Waals surface area contributed by atoms with E-state index in [1.807, 2.05) is 18.2 Å². The summed E-state index contributed by atoms with van der Waals surface area (Å²) in [5, 5.41) is 8.79. The van der Waals surface area contributed by atoms with Crippen LogP contribution in [0.2, 0.25) is 0 Å². The van der Waals surface area contributed by atoms with E-state index < -0.39 is 0 Å². The second-order valence-corrected chi connectivity index (χ2v) is 4.48. The Hall–Kier alpha value is -1.06. The lowest BCUT2D eigenvalue weighted by molar-refractivity contribution is 0.177. The van der Waals surface area contributed by atoms with Gasteiger partial charge in [-0.1, -0.05) is 24.8 Å². The van der Waals surface area contributed by atoms with Crippen LogP contribution in [0.1, 0.15) is 19.3 Å². The number of nitrogens with two attached hydrogens (primary N) is 1. The van der Waals surface area contributed by atoms with Crippen molar-refractivity contribution in [1.82, 2.24) is 4.90 Å². The molecule has 0 aromatic rings. The third kappa shape index (κ3) is 5.20.